The fourth-order valence-electron chi connectivity index (χ4n) is 4.87. The first-order valence-corrected chi connectivity index (χ1v) is 16.0. The van der Waals surface area contributed by atoms with Gasteiger partial charge in [0.25, 0.3) is 0 Å². The number of nitrogens with one attached hydrogen (secondary N) is 3. The van der Waals surface area contributed by atoms with Crippen LogP contribution in [0.3, 0.4) is 0 Å². The van der Waals surface area contributed by atoms with Crippen LogP contribution in [0.5, 0.6) is 5.75 Å². The Kier molecular flexibility index (Phi) is 11.2. The van der Waals surface area contributed by atoms with Crippen molar-refractivity contribution in [2.24, 2.45) is 5.41 Å². The zero-order valence-corrected chi connectivity index (χ0v) is 26.6. The van der Waals surface area contributed by atoms with Crippen molar-refractivity contribution in [1.29, 1.82) is 0 Å². The average Bonchev–Trinajstić information content (AvgIpc) is 3.39. The van der Waals surface area contributed by atoms with Gasteiger partial charge in [-0.2, -0.15) is 5.10 Å². The molecule has 0 fully saturated rings. The van der Waals surface area contributed by atoms with E-state index in [1.807, 2.05) is 45.9 Å². The number of aromatic amines is 1. The van der Waals surface area contributed by atoms with Crippen molar-refractivity contribution in [3.8, 4) is 5.75 Å². The number of anilines is 3. The number of benzene rings is 2. The summed E-state index contributed by atoms with van der Waals surface area (Å²) >= 11 is 0. The number of hydrogen-bond donors (Lipinski definition) is 5. The van der Waals surface area contributed by atoms with Gasteiger partial charge in [0.1, 0.15) is 23.7 Å². The predicted octanol–water partition coefficient (Wildman–Crippen LogP) is 5.03. The van der Waals surface area contributed by atoms with Crippen molar-refractivity contribution in [1.82, 2.24) is 25.1 Å². The van der Waals surface area contributed by atoms with Crippen LogP contribution in [0.15, 0.2) is 54.9 Å². The second-order valence-corrected chi connectivity index (χ2v) is 12.8. The van der Waals surface area contributed by atoms with Crippen molar-refractivity contribution < 1.29 is 32.8 Å². The minimum absolute atomic E-state index is 0.0183. The molecule has 15 heteroatoms. The van der Waals surface area contributed by atoms with Gasteiger partial charge in [-0.1, -0.05) is 33.8 Å². The molecule has 242 valence electrons. The summed E-state index contributed by atoms with van der Waals surface area (Å²) in [4.78, 5) is 41.6. The number of ether oxygens (including phenoxy) is 1. The molecule has 0 saturated carbocycles. The van der Waals surface area contributed by atoms with Gasteiger partial charge in [-0.15, -0.1) is 0 Å². The first-order chi connectivity index (χ1) is 21.3. The van der Waals surface area contributed by atoms with Gasteiger partial charge in [0, 0.05) is 41.5 Å². The monoisotopic (exact) mass is 643 g/mol. The number of rotatable bonds is 15. The number of phosphoric ester groups is 1. The molecule has 45 heavy (non-hydrogen) atoms. The van der Waals surface area contributed by atoms with Crippen LogP contribution in [-0.2, 0) is 20.3 Å². The minimum atomic E-state index is -4.57. The zero-order valence-electron chi connectivity index (χ0n) is 25.7. The second-order valence-electron chi connectivity index (χ2n) is 11.5. The normalized spacial score (nSPS) is 12.8. The molecule has 2 aromatic carbocycles. The van der Waals surface area contributed by atoms with Gasteiger partial charge in [0.05, 0.1) is 25.2 Å². The highest BCUT2D eigenvalue weighted by atomic mass is 31.2. The van der Waals surface area contributed by atoms with Crippen molar-refractivity contribution in [3.05, 3.63) is 66.4 Å². The quantitative estimate of drug-likeness (QED) is 0.0868. The fraction of sp³-hybridized carbons (Fsp3) is 0.400. The maximum absolute atomic E-state index is 13.4. The molecule has 1 unspecified atom stereocenters. The smallest absolute Gasteiger partial charge is 0.469 e. The second kappa shape index (κ2) is 14.9. The molecule has 4 rings (SSSR count). The number of halogens is 1. The number of carbonyl (C=O) groups excluding carboxylic acids is 1. The van der Waals surface area contributed by atoms with Gasteiger partial charge in [-0.25, -0.2) is 18.9 Å². The number of fused-ring (bicyclic) bond motifs is 1. The molecule has 0 aliphatic heterocycles. The Balaban J connectivity index is 1.32. The first kappa shape index (κ1) is 33.9. The Morgan fingerprint density at radius 2 is 1.96 bits per heavy atom. The summed E-state index contributed by atoms with van der Waals surface area (Å²) in [6, 6.07) is 12.7. The highest BCUT2D eigenvalue weighted by Crippen LogP contribution is 2.38. The van der Waals surface area contributed by atoms with Crippen molar-refractivity contribution in [2.45, 2.75) is 46.6 Å². The van der Waals surface area contributed by atoms with Crippen LogP contribution in [0.4, 0.5) is 21.7 Å². The predicted molar refractivity (Wildman–Crippen MR) is 169 cm³/mol. The summed E-state index contributed by atoms with van der Waals surface area (Å²) in [5.41, 5.74) is 1.33. The summed E-state index contributed by atoms with van der Waals surface area (Å²) in [5.74, 6) is 0.873. The molecular weight excluding hydrogens is 604 g/mol. The van der Waals surface area contributed by atoms with E-state index in [4.69, 9.17) is 9.26 Å². The van der Waals surface area contributed by atoms with E-state index < -0.39 is 13.6 Å². The molecule has 1 amide bonds. The highest BCUT2D eigenvalue weighted by Gasteiger charge is 2.32. The number of hydrogen-bond acceptors (Lipinski definition) is 9. The van der Waals surface area contributed by atoms with Gasteiger partial charge in [-0.3, -0.25) is 19.3 Å². The van der Waals surface area contributed by atoms with E-state index in [0.29, 0.717) is 60.4 Å². The molecular formula is C30H39FN7O6P. The lowest BCUT2D eigenvalue weighted by Gasteiger charge is -2.39. The van der Waals surface area contributed by atoms with Gasteiger partial charge in [-0.05, 0) is 48.7 Å². The Hall–Kier alpha value is -3.94. The zero-order chi connectivity index (χ0) is 32.6. The lowest BCUT2D eigenvalue weighted by atomic mass is 9.86. The number of amides is 1. The average molecular weight is 644 g/mol. The Morgan fingerprint density at radius 1 is 1.16 bits per heavy atom. The Morgan fingerprint density at radius 3 is 2.67 bits per heavy atom. The van der Waals surface area contributed by atoms with Crippen LogP contribution in [0, 0.1) is 11.2 Å². The molecule has 2 aromatic heterocycles. The van der Waals surface area contributed by atoms with Crippen LogP contribution in [0.25, 0.3) is 10.9 Å². The van der Waals surface area contributed by atoms with Crippen LogP contribution < -0.4 is 15.4 Å². The van der Waals surface area contributed by atoms with Crippen LogP contribution in [-0.4, -0.2) is 73.1 Å². The van der Waals surface area contributed by atoms with Crippen LogP contribution in [0.2, 0.25) is 0 Å². The van der Waals surface area contributed by atoms with Gasteiger partial charge in [0.15, 0.2) is 5.82 Å². The van der Waals surface area contributed by atoms with E-state index in [-0.39, 0.29) is 30.4 Å². The molecule has 13 nitrogen and oxygen atoms in total. The number of likely N-dealkylation sites (N-methyl/N-ethyl adjacent to an activating group) is 1. The van der Waals surface area contributed by atoms with Crippen molar-refractivity contribution in [3.63, 3.8) is 0 Å². The summed E-state index contributed by atoms with van der Waals surface area (Å²) in [7, 11) is -4.57. The van der Waals surface area contributed by atoms with E-state index in [9.17, 15) is 23.5 Å². The lowest BCUT2D eigenvalue weighted by Crippen LogP contribution is -2.47. The third-order valence-corrected chi connectivity index (χ3v) is 7.54. The largest absolute Gasteiger partial charge is 0.493 e. The summed E-state index contributed by atoms with van der Waals surface area (Å²) < 4.78 is 35.5. The topological polar surface area (TPSA) is 175 Å². The molecule has 0 aliphatic carbocycles. The molecule has 1 atom stereocenters. The number of carbonyl (C=O) groups is 1. The van der Waals surface area contributed by atoms with E-state index in [1.54, 1.807) is 12.1 Å². The van der Waals surface area contributed by atoms with Crippen LogP contribution in [0.1, 0.15) is 39.8 Å². The molecule has 2 heterocycles. The SMILES string of the molecule is CCN(CCCOc1ccc2c(Nc3cc(CC(=O)Nc4cccc(F)c4)[nH]n3)ncnc2c1)C(COP(=O)(O)O)C(C)(C)C. The number of nitrogens with zero attached hydrogens (tertiary/aromatic N) is 4. The number of H-pyrrole nitrogens is 1. The van der Waals surface area contributed by atoms with Crippen molar-refractivity contribution >= 4 is 42.0 Å². The molecule has 5 N–H and O–H groups in total. The van der Waals surface area contributed by atoms with Gasteiger partial charge in [0.2, 0.25) is 5.91 Å². The van der Waals surface area contributed by atoms with E-state index in [0.717, 1.165) is 5.39 Å². The molecule has 4 aromatic rings. The summed E-state index contributed by atoms with van der Waals surface area (Å²) in [5, 5.41) is 13.6. The van der Waals surface area contributed by atoms with Gasteiger partial charge < -0.3 is 25.2 Å². The minimum Gasteiger partial charge on any atom is -0.493 e. The van der Waals surface area contributed by atoms with E-state index >= 15 is 0 Å². The van der Waals surface area contributed by atoms with Crippen molar-refractivity contribution in [2.75, 3.05) is 36.9 Å². The molecule has 0 aliphatic rings. The summed E-state index contributed by atoms with van der Waals surface area (Å²) in [6.07, 6.45) is 2.14. The number of phosphoric acid groups is 1. The molecule has 0 saturated heterocycles. The van der Waals surface area contributed by atoms with E-state index in [1.165, 1.54) is 24.5 Å². The maximum Gasteiger partial charge on any atom is 0.469 e. The Bertz CT molecular complexity index is 1640. The highest BCUT2D eigenvalue weighted by molar-refractivity contribution is 7.46. The van der Waals surface area contributed by atoms with Crippen LogP contribution >= 0.6 is 7.82 Å². The maximum atomic E-state index is 13.4. The first-order valence-electron chi connectivity index (χ1n) is 14.5. The van der Waals surface area contributed by atoms with Gasteiger partial charge >= 0.3 is 7.82 Å². The molecule has 0 spiro atoms. The Labute approximate surface area is 260 Å². The number of aromatic nitrogens is 4. The fourth-order valence-corrected chi connectivity index (χ4v) is 5.21. The molecule has 0 bridgehead atoms. The van der Waals surface area contributed by atoms with E-state index in [2.05, 4.69) is 35.7 Å². The standard InChI is InChI=1S/C30H39FN7O6P/c1-5-38(26(30(2,3)4)18-44-45(40,41)42)12-7-13-43-23-10-11-24-25(17-23)32-19-33-29(24)35-27-15-22(36-37-27)16-28(39)34-21-9-6-8-20(31)14-21/h6,8-11,14-15,17,19,26H,5,7,12-13,16,18H2,1-4H3,(H,34,39)(H2,40,41,42)(H2,32,33,35,36,37). The third kappa shape index (κ3) is 10.3. The summed E-state index contributed by atoms with van der Waals surface area (Å²) in [6.45, 7) is 9.75. The third-order valence-electron chi connectivity index (χ3n) is 7.05. The lowest BCUT2D eigenvalue weighted by molar-refractivity contribution is -0.115. The molecule has 0 radical (unpaired) electrons.